The molecule has 0 atom stereocenters. The Balaban J connectivity index is 3.11. The van der Waals surface area contributed by atoms with Crippen LogP contribution in [0, 0.1) is 0 Å². The van der Waals surface area contributed by atoms with Crippen LogP contribution in [-0.2, 0) is 12.4 Å². The van der Waals surface area contributed by atoms with Gasteiger partial charge in [-0.25, -0.2) is 4.98 Å². The summed E-state index contributed by atoms with van der Waals surface area (Å²) in [6.45, 7) is 1.80. The first-order valence-corrected chi connectivity index (χ1v) is 5.44. The molecule has 1 aromatic heterocycles. The van der Waals surface area contributed by atoms with Gasteiger partial charge in [0.2, 0.25) is 0 Å². The molecule has 0 amide bonds. The van der Waals surface area contributed by atoms with Crippen molar-refractivity contribution < 1.29 is 31.1 Å². The first-order chi connectivity index (χ1) is 8.66. The molecule has 0 bridgehead atoms. The lowest BCUT2D eigenvalue weighted by Gasteiger charge is -2.15. The summed E-state index contributed by atoms with van der Waals surface area (Å²) in [4.78, 5) is 2.62. The summed E-state index contributed by atoms with van der Waals surface area (Å²) in [5.41, 5.74) is -3.25. The zero-order valence-corrected chi connectivity index (χ0v) is 9.90. The third kappa shape index (κ3) is 4.29. The highest BCUT2D eigenvalue weighted by Gasteiger charge is 2.40. The average molecular weight is 287 g/mol. The van der Waals surface area contributed by atoms with Crippen LogP contribution in [0.4, 0.5) is 26.3 Å². The number of hydrogen-bond acceptors (Lipinski definition) is 2. The lowest BCUT2D eigenvalue weighted by atomic mass is 10.2. The fraction of sp³-hybridized carbons (Fsp3) is 0.545. The van der Waals surface area contributed by atoms with Crippen molar-refractivity contribution in [3.8, 4) is 5.75 Å². The van der Waals surface area contributed by atoms with E-state index in [0.717, 1.165) is 0 Å². The molecule has 2 nitrogen and oxygen atoms in total. The van der Waals surface area contributed by atoms with Crippen LogP contribution < -0.4 is 4.74 Å². The van der Waals surface area contributed by atoms with Gasteiger partial charge < -0.3 is 4.74 Å². The molecule has 0 spiro atoms. The molecular formula is C11H11F6NO. The molecule has 1 rings (SSSR count). The predicted octanol–water partition coefficient (Wildman–Crippen LogP) is 4.30. The van der Waals surface area contributed by atoms with Crippen molar-refractivity contribution in [2.24, 2.45) is 0 Å². The minimum Gasteiger partial charge on any atom is -0.491 e. The third-order valence-corrected chi connectivity index (χ3v) is 2.17. The Hall–Kier alpha value is -1.47. The van der Waals surface area contributed by atoms with E-state index in [1.54, 1.807) is 6.92 Å². The second kappa shape index (κ2) is 5.66. The molecule has 0 N–H and O–H groups in total. The fourth-order valence-electron chi connectivity index (χ4n) is 1.25. The minimum absolute atomic E-state index is 0.00732. The van der Waals surface area contributed by atoms with Gasteiger partial charge in [0.05, 0.1) is 6.61 Å². The summed E-state index contributed by atoms with van der Waals surface area (Å²) >= 11 is 0. The number of halogens is 6. The van der Waals surface area contributed by atoms with Crippen LogP contribution in [0.15, 0.2) is 12.1 Å². The molecule has 8 heteroatoms. The van der Waals surface area contributed by atoms with Crippen LogP contribution in [-0.4, -0.2) is 11.6 Å². The smallest absolute Gasteiger partial charge is 0.437 e. The molecule has 1 heterocycles. The quantitative estimate of drug-likeness (QED) is 0.608. The summed E-state index contributed by atoms with van der Waals surface area (Å²) in [6, 6.07) is 1.12. The largest absolute Gasteiger partial charge is 0.491 e. The third-order valence-electron chi connectivity index (χ3n) is 2.17. The molecule has 0 saturated carbocycles. The highest BCUT2D eigenvalue weighted by Crippen LogP contribution is 2.37. The monoisotopic (exact) mass is 287 g/mol. The van der Waals surface area contributed by atoms with Gasteiger partial charge in [0.15, 0.2) is 5.69 Å². The Morgan fingerprint density at radius 3 is 2.16 bits per heavy atom. The molecular weight excluding hydrogens is 276 g/mol. The average Bonchev–Trinajstić information content (AvgIpc) is 2.27. The molecule has 0 aromatic carbocycles. The van der Waals surface area contributed by atoms with E-state index < -0.39 is 29.5 Å². The maximum atomic E-state index is 12.6. The molecule has 19 heavy (non-hydrogen) atoms. The number of pyridine rings is 1. The van der Waals surface area contributed by atoms with Gasteiger partial charge in [-0.3, -0.25) is 0 Å². The van der Waals surface area contributed by atoms with E-state index in [2.05, 4.69) is 4.98 Å². The van der Waals surface area contributed by atoms with Gasteiger partial charge in [-0.15, -0.1) is 0 Å². The molecule has 0 unspecified atom stereocenters. The molecule has 0 aliphatic rings. The zero-order chi connectivity index (χ0) is 14.7. The highest BCUT2D eigenvalue weighted by atomic mass is 19.4. The Kier molecular flexibility index (Phi) is 4.65. The van der Waals surface area contributed by atoms with Gasteiger partial charge >= 0.3 is 12.4 Å². The van der Waals surface area contributed by atoms with Crippen LogP contribution in [0.25, 0.3) is 0 Å². The number of rotatable bonds is 4. The van der Waals surface area contributed by atoms with Crippen LogP contribution in [0.3, 0.4) is 0 Å². The first kappa shape index (κ1) is 15.6. The number of alkyl halides is 6. The second-order valence-corrected chi connectivity index (χ2v) is 3.74. The standard InChI is InChI=1S/C11H11F6NO/c1-2-3-6-19-7-4-5-8(10(12,13)14)18-9(7)11(15,16)17/h4-5H,2-3,6H2,1H3. The maximum absolute atomic E-state index is 12.6. The Morgan fingerprint density at radius 2 is 1.68 bits per heavy atom. The van der Waals surface area contributed by atoms with Gasteiger partial charge in [0, 0.05) is 0 Å². The molecule has 0 aliphatic heterocycles. The van der Waals surface area contributed by atoms with E-state index in [1.807, 2.05) is 0 Å². The van der Waals surface area contributed by atoms with Crippen molar-refractivity contribution >= 4 is 0 Å². The van der Waals surface area contributed by atoms with E-state index in [0.29, 0.717) is 25.0 Å². The van der Waals surface area contributed by atoms with E-state index in [1.165, 1.54) is 0 Å². The van der Waals surface area contributed by atoms with E-state index in [9.17, 15) is 26.3 Å². The minimum atomic E-state index is -5.00. The topological polar surface area (TPSA) is 22.1 Å². The van der Waals surface area contributed by atoms with Crippen LogP contribution >= 0.6 is 0 Å². The summed E-state index contributed by atoms with van der Waals surface area (Å²) in [5, 5.41) is 0. The number of nitrogens with zero attached hydrogens (tertiary/aromatic N) is 1. The van der Waals surface area contributed by atoms with E-state index in [-0.39, 0.29) is 6.61 Å². The van der Waals surface area contributed by atoms with Crippen LogP contribution in [0.2, 0.25) is 0 Å². The summed E-state index contributed by atoms with van der Waals surface area (Å²) in [6.07, 6.45) is -8.74. The summed E-state index contributed by atoms with van der Waals surface area (Å²) in [5.74, 6) is -0.686. The van der Waals surface area contributed by atoms with Crippen LogP contribution in [0.5, 0.6) is 5.75 Å². The maximum Gasteiger partial charge on any atom is 0.437 e. The van der Waals surface area contributed by atoms with Gasteiger partial charge in [-0.1, -0.05) is 13.3 Å². The predicted molar refractivity (Wildman–Crippen MR) is 54.6 cm³/mol. The molecule has 0 saturated heterocycles. The van der Waals surface area contributed by atoms with Crippen molar-refractivity contribution in [3.63, 3.8) is 0 Å². The first-order valence-electron chi connectivity index (χ1n) is 5.44. The van der Waals surface area contributed by atoms with Crippen LogP contribution in [0.1, 0.15) is 31.2 Å². The van der Waals surface area contributed by atoms with Gasteiger partial charge in [0.1, 0.15) is 11.4 Å². The number of hydrogen-bond donors (Lipinski definition) is 0. The lowest BCUT2D eigenvalue weighted by Crippen LogP contribution is -2.16. The fourth-order valence-corrected chi connectivity index (χ4v) is 1.25. The normalized spacial score (nSPS) is 12.6. The van der Waals surface area contributed by atoms with Crippen molar-refractivity contribution in [3.05, 3.63) is 23.5 Å². The molecule has 108 valence electrons. The van der Waals surface area contributed by atoms with Gasteiger partial charge in [-0.2, -0.15) is 26.3 Å². The molecule has 0 aliphatic carbocycles. The van der Waals surface area contributed by atoms with E-state index in [4.69, 9.17) is 4.74 Å². The molecule has 0 radical (unpaired) electrons. The highest BCUT2D eigenvalue weighted by molar-refractivity contribution is 5.32. The van der Waals surface area contributed by atoms with Gasteiger partial charge in [0.25, 0.3) is 0 Å². The molecule has 0 fully saturated rings. The SMILES string of the molecule is CCCCOc1ccc(C(F)(F)F)nc1C(F)(F)F. The zero-order valence-electron chi connectivity index (χ0n) is 9.90. The van der Waals surface area contributed by atoms with Crippen molar-refractivity contribution in [1.29, 1.82) is 0 Å². The van der Waals surface area contributed by atoms with Crippen molar-refractivity contribution in [2.45, 2.75) is 32.1 Å². The Morgan fingerprint density at radius 1 is 1.05 bits per heavy atom. The Labute approximate surface area is 105 Å². The molecule has 1 aromatic rings. The summed E-state index contributed by atoms with van der Waals surface area (Å²) < 4.78 is 79.6. The number of unbranched alkanes of at least 4 members (excludes halogenated alkanes) is 1. The van der Waals surface area contributed by atoms with Gasteiger partial charge in [-0.05, 0) is 18.6 Å². The van der Waals surface area contributed by atoms with Crippen molar-refractivity contribution in [2.75, 3.05) is 6.61 Å². The second-order valence-electron chi connectivity index (χ2n) is 3.74. The number of aromatic nitrogens is 1. The number of ether oxygens (including phenoxy) is 1. The van der Waals surface area contributed by atoms with E-state index >= 15 is 0 Å². The lowest BCUT2D eigenvalue weighted by molar-refractivity contribution is -0.151. The Bertz CT molecular complexity index is 426. The van der Waals surface area contributed by atoms with Crippen molar-refractivity contribution in [1.82, 2.24) is 4.98 Å². The summed E-state index contributed by atoms with van der Waals surface area (Å²) in [7, 11) is 0.